The molecule has 0 bridgehead atoms. The highest BCUT2D eigenvalue weighted by Gasteiger charge is 2.49. The molecule has 2 heterocycles. The molecular weight excluding hydrogens is 260 g/mol. The van der Waals surface area contributed by atoms with Crippen molar-refractivity contribution in [1.82, 2.24) is 4.98 Å². The van der Waals surface area contributed by atoms with Gasteiger partial charge in [0.2, 0.25) is 0 Å². The van der Waals surface area contributed by atoms with Crippen molar-refractivity contribution in [3.8, 4) is 5.75 Å². The predicted octanol–water partition coefficient (Wildman–Crippen LogP) is 2.10. The minimum absolute atomic E-state index is 0.0631. The molecule has 5 heteroatoms. The molecule has 1 aliphatic carbocycles. The van der Waals surface area contributed by atoms with Crippen LogP contribution in [-0.2, 0) is 4.79 Å². The number of carbonyl (C=O) groups excluding carboxylic acids is 1. The van der Waals surface area contributed by atoms with Crippen LogP contribution in [0, 0.1) is 0 Å². The van der Waals surface area contributed by atoms with Crippen molar-refractivity contribution in [3.05, 3.63) is 16.7 Å². The van der Waals surface area contributed by atoms with Gasteiger partial charge in [-0.2, -0.15) is 0 Å². The van der Waals surface area contributed by atoms with Crippen LogP contribution in [0.3, 0.4) is 0 Å². The van der Waals surface area contributed by atoms with Gasteiger partial charge >= 0.3 is 0 Å². The molecule has 1 aliphatic heterocycles. The van der Waals surface area contributed by atoms with E-state index in [0.717, 1.165) is 19.3 Å². The summed E-state index contributed by atoms with van der Waals surface area (Å²) >= 11 is 3.25. The molecule has 0 aromatic carbocycles. The summed E-state index contributed by atoms with van der Waals surface area (Å²) in [6.45, 7) is 0. The average molecular weight is 269 g/mol. The molecule has 0 unspecified atom stereocenters. The van der Waals surface area contributed by atoms with E-state index in [1.165, 1.54) is 0 Å². The average Bonchev–Trinajstić information content (AvgIpc) is 2.14. The zero-order chi connectivity index (χ0) is 10.5. The molecule has 3 rings (SSSR count). The third-order valence-electron chi connectivity index (χ3n) is 2.94. The summed E-state index contributed by atoms with van der Waals surface area (Å²) in [5.41, 5.74) is -0.609. The topological polar surface area (TPSA) is 51.2 Å². The van der Waals surface area contributed by atoms with Gasteiger partial charge in [-0.25, -0.2) is 4.98 Å². The fourth-order valence-electron chi connectivity index (χ4n) is 1.90. The summed E-state index contributed by atoms with van der Waals surface area (Å²) in [5.74, 6) is 1.11. The Balaban J connectivity index is 2.02. The van der Waals surface area contributed by atoms with E-state index in [4.69, 9.17) is 4.74 Å². The fourth-order valence-corrected chi connectivity index (χ4v) is 2.21. The smallest absolute Gasteiger partial charge is 0.269 e. The number of carbonyl (C=O) groups is 1. The first kappa shape index (κ1) is 9.15. The number of ether oxygens (including phenoxy) is 1. The molecule has 1 saturated carbocycles. The maximum Gasteiger partial charge on any atom is 0.269 e. The van der Waals surface area contributed by atoms with Crippen LogP contribution in [0.25, 0.3) is 0 Å². The van der Waals surface area contributed by atoms with Gasteiger partial charge in [-0.15, -0.1) is 0 Å². The SMILES string of the molecule is O=C1Nc2nc(Br)ccc2OC12CCC2. The summed E-state index contributed by atoms with van der Waals surface area (Å²) in [5, 5.41) is 2.79. The third-order valence-corrected chi connectivity index (χ3v) is 3.38. The molecule has 15 heavy (non-hydrogen) atoms. The van der Waals surface area contributed by atoms with Crippen LogP contribution in [-0.4, -0.2) is 16.5 Å². The second-order valence-corrected chi connectivity index (χ2v) is 4.70. The van der Waals surface area contributed by atoms with Crippen molar-refractivity contribution in [2.45, 2.75) is 24.9 Å². The van der Waals surface area contributed by atoms with E-state index in [0.29, 0.717) is 16.2 Å². The Hall–Kier alpha value is -1.10. The van der Waals surface area contributed by atoms with Crippen molar-refractivity contribution in [2.24, 2.45) is 0 Å². The normalized spacial score (nSPS) is 21.3. The number of rotatable bonds is 0. The van der Waals surface area contributed by atoms with E-state index in [-0.39, 0.29) is 5.91 Å². The summed E-state index contributed by atoms with van der Waals surface area (Å²) in [6, 6.07) is 3.63. The van der Waals surface area contributed by atoms with Gasteiger partial charge in [0, 0.05) is 0 Å². The molecule has 1 spiro atoms. The number of fused-ring (bicyclic) bond motifs is 1. The first-order chi connectivity index (χ1) is 7.20. The number of anilines is 1. The van der Waals surface area contributed by atoms with Gasteiger partial charge in [-0.1, -0.05) is 0 Å². The maximum atomic E-state index is 11.8. The monoisotopic (exact) mass is 268 g/mol. The lowest BCUT2D eigenvalue weighted by Crippen LogP contribution is -2.55. The van der Waals surface area contributed by atoms with E-state index in [1.807, 2.05) is 12.1 Å². The van der Waals surface area contributed by atoms with Gasteiger partial charge in [0.1, 0.15) is 4.60 Å². The number of hydrogen-bond acceptors (Lipinski definition) is 3. The van der Waals surface area contributed by atoms with Crippen LogP contribution >= 0.6 is 15.9 Å². The zero-order valence-corrected chi connectivity index (χ0v) is 9.50. The van der Waals surface area contributed by atoms with Crippen LogP contribution in [0.4, 0.5) is 5.82 Å². The lowest BCUT2D eigenvalue weighted by atomic mass is 9.78. The Morgan fingerprint density at radius 2 is 2.27 bits per heavy atom. The lowest BCUT2D eigenvalue weighted by Gasteiger charge is -2.42. The van der Waals surface area contributed by atoms with E-state index >= 15 is 0 Å². The Morgan fingerprint density at radius 1 is 1.47 bits per heavy atom. The van der Waals surface area contributed by atoms with Gasteiger partial charge in [0.05, 0.1) is 0 Å². The summed E-state index contributed by atoms with van der Waals surface area (Å²) < 4.78 is 6.42. The Labute approximate surface area is 95.2 Å². The number of nitrogens with one attached hydrogen (secondary N) is 1. The van der Waals surface area contributed by atoms with Crippen molar-refractivity contribution >= 4 is 27.7 Å². The van der Waals surface area contributed by atoms with E-state index in [9.17, 15) is 4.79 Å². The summed E-state index contributed by atoms with van der Waals surface area (Å²) in [6.07, 6.45) is 2.65. The second kappa shape index (κ2) is 2.95. The fraction of sp³-hybridized carbons (Fsp3) is 0.400. The minimum Gasteiger partial charge on any atom is -0.474 e. The minimum atomic E-state index is -0.609. The predicted molar refractivity (Wildman–Crippen MR) is 57.8 cm³/mol. The highest BCUT2D eigenvalue weighted by Crippen LogP contribution is 2.43. The van der Waals surface area contributed by atoms with Crippen molar-refractivity contribution in [1.29, 1.82) is 0 Å². The van der Waals surface area contributed by atoms with Crippen molar-refractivity contribution in [3.63, 3.8) is 0 Å². The van der Waals surface area contributed by atoms with Gasteiger partial charge < -0.3 is 10.1 Å². The molecule has 4 nitrogen and oxygen atoms in total. The van der Waals surface area contributed by atoms with Gasteiger partial charge in [-0.05, 0) is 47.3 Å². The quantitative estimate of drug-likeness (QED) is 0.734. The molecular formula is C10H9BrN2O2. The molecule has 0 atom stereocenters. The number of amides is 1. The van der Waals surface area contributed by atoms with Gasteiger partial charge in [0.25, 0.3) is 5.91 Å². The maximum absolute atomic E-state index is 11.8. The molecule has 1 N–H and O–H groups in total. The van der Waals surface area contributed by atoms with Crippen molar-refractivity contribution < 1.29 is 9.53 Å². The standard InChI is InChI=1S/C10H9BrN2O2/c11-7-3-2-6-8(12-7)13-9(14)10(15-6)4-1-5-10/h2-3H,1,4-5H2,(H,12,13,14). The van der Waals surface area contributed by atoms with E-state index in [2.05, 4.69) is 26.2 Å². The third kappa shape index (κ3) is 1.26. The first-order valence-corrected chi connectivity index (χ1v) is 5.66. The molecule has 0 radical (unpaired) electrons. The van der Waals surface area contributed by atoms with E-state index < -0.39 is 5.60 Å². The number of hydrogen-bond donors (Lipinski definition) is 1. The summed E-state index contributed by atoms with van der Waals surface area (Å²) in [7, 11) is 0. The number of pyridine rings is 1. The number of nitrogens with zero attached hydrogens (tertiary/aromatic N) is 1. The molecule has 0 saturated heterocycles. The number of halogens is 1. The van der Waals surface area contributed by atoms with Crippen molar-refractivity contribution in [2.75, 3.05) is 5.32 Å². The molecule has 1 fully saturated rings. The van der Waals surface area contributed by atoms with Gasteiger partial charge in [-0.3, -0.25) is 4.79 Å². The van der Waals surface area contributed by atoms with Crippen LogP contribution < -0.4 is 10.1 Å². The Morgan fingerprint density at radius 3 is 2.93 bits per heavy atom. The molecule has 1 aromatic heterocycles. The first-order valence-electron chi connectivity index (χ1n) is 4.87. The van der Waals surface area contributed by atoms with Gasteiger partial charge in [0.15, 0.2) is 17.2 Å². The highest BCUT2D eigenvalue weighted by molar-refractivity contribution is 9.10. The molecule has 2 aliphatic rings. The van der Waals surface area contributed by atoms with Crippen LogP contribution in [0.1, 0.15) is 19.3 Å². The Bertz CT molecular complexity index is 443. The molecule has 1 amide bonds. The van der Waals surface area contributed by atoms with E-state index in [1.54, 1.807) is 0 Å². The highest BCUT2D eigenvalue weighted by atomic mass is 79.9. The Kier molecular flexibility index (Phi) is 1.80. The second-order valence-electron chi connectivity index (χ2n) is 3.88. The largest absolute Gasteiger partial charge is 0.474 e. The molecule has 78 valence electrons. The van der Waals surface area contributed by atoms with Crippen LogP contribution in [0.2, 0.25) is 0 Å². The number of aromatic nitrogens is 1. The lowest BCUT2D eigenvalue weighted by molar-refractivity contribution is -0.140. The van der Waals surface area contributed by atoms with Crippen LogP contribution in [0.5, 0.6) is 5.75 Å². The summed E-state index contributed by atoms with van der Waals surface area (Å²) in [4.78, 5) is 15.9. The molecule has 1 aromatic rings. The van der Waals surface area contributed by atoms with Crippen LogP contribution in [0.15, 0.2) is 16.7 Å². The zero-order valence-electron chi connectivity index (χ0n) is 7.92.